The summed E-state index contributed by atoms with van der Waals surface area (Å²) in [5, 5.41) is 3.36. The fourth-order valence-electron chi connectivity index (χ4n) is 3.28. The predicted molar refractivity (Wildman–Crippen MR) is 127 cm³/mol. The normalized spacial score (nSPS) is 11.2. The second-order valence-corrected chi connectivity index (χ2v) is 8.52. The average molecular weight is 431 g/mol. The Bertz CT molecular complexity index is 1030. The van der Waals surface area contributed by atoms with Crippen LogP contribution in [-0.4, -0.2) is 23.8 Å². The molecule has 0 aliphatic rings. The van der Waals surface area contributed by atoms with Gasteiger partial charge in [0.05, 0.1) is 6.54 Å². The Morgan fingerprint density at radius 2 is 1.47 bits per heavy atom. The van der Waals surface area contributed by atoms with Crippen LogP contribution in [0.5, 0.6) is 5.75 Å². The van der Waals surface area contributed by atoms with Crippen LogP contribution in [0.2, 0.25) is 0 Å². The average Bonchev–Trinajstić information content (AvgIpc) is 2.81. The van der Waals surface area contributed by atoms with E-state index in [9.17, 15) is 9.59 Å². The van der Waals surface area contributed by atoms with Gasteiger partial charge in [-0.25, -0.2) is 0 Å². The standard InChI is InChI=1S/C27H30N2O3/c1-27(2,17-16-20-8-10-23(11-9-20)26(28)31)29-18-25(30)22-12-14-24(15-13-22)32-19-21-6-4-3-5-7-21/h3-15,29H,16-19H2,1-2H3,(H2,28,31). The number of Topliss-reactive ketones (excluding diaryl/α,β-unsaturated/α-hetero) is 1. The molecule has 0 bridgehead atoms. The zero-order valence-corrected chi connectivity index (χ0v) is 18.6. The monoisotopic (exact) mass is 430 g/mol. The van der Waals surface area contributed by atoms with Crippen LogP contribution in [0.1, 0.15) is 52.1 Å². The van der Waals surface area contributed by atoms with E-state index in [1.165, 1.54) is 0 Å². The van der Waals surface area contributed by atoms with E-state index < -0.39 is 5.91 Å². The van der Waals surface area contributed by atoms with Crippen molar-refractivity contribution in [1.82, 2.24) is 5.32 Å². The molecule has 5 heteroatoms. The number of rotatable bonds is 11. The Labute approximate surface area is 189 Å². The highest BCUT2D eigenvalue weighted by molar-refractivity contribution is 5.97. The van der Waals surface area contributed by atoms with E-state index in [0.717, 1.165) is 29.7 Å². The van der Waals surface area contributed by atoms with Crippen LogP contribution in [0.15, 0.2) is 78.9 Å². The largest absolute Gasteiger partial charge is 0.489 e. The van der Waals surface area contributed by atoms with Crippen molar-refractivity contribution >= 4 is 11.7 Å². The van der Waals surface area contributed by atoms with Crippen LogP contribution < -0.4 is 15.8 Å². The number of amides is 1. The van der Waals surface area contributed by atoms with Gasteiger partial charge in [-0.05, 0) is 74.2 Å². The number of benzene rings is 3. The first-order chi connectivity index (χ1) is 15.3. The van der Waals surface area contributed by atoms with Crippen molar-refractivity contribution in [2.24, 2.45) is 5.73 Å². The van der Waals surface area contributed by atoms with Gasteiger partial charge < -0.3 is 15.8 Å². The van der Waals surface area contributed by atoms with Gasteiger partial charge in [0.1, 0.15) is 12.4 Å². The number of ether oxygens (including phenoxy) is 1. The van der Waals surface area contributed by atoms with Crippen LogP contribution in [0.3, 0.4) is 0 Å². The molecule has 5 nitrogen and oxygen atoms in total. The number of hydrogen-bond acceptors (Lipinski definition) is 4. The molecule has 3 rings (SSSR count). The minimum atomic E-state index is -0.423. The summed E-state index contributed by atoms with van der Waals surface area (Å²) in [5.41, 5.74) is 8.46. The second-order valence-electron chi connectivity index (χ2n) is 8.52. The molecule has 0 saturated carbocycles. The number of carbonyl (C=O) groups is 2. The molecular weight excluding hydrogens is 400 g/mol. The number of ketones is 1. The number of hydrogen-bond donors (Lipinski definition) is 2. The van der Waals surface area contributed by atoms with Gasteiger partial charge in [0.25, 0.3) is 0 Å². The van der Waals surface area contributed by atoms with Crippen LogP contribution >= 0.6 is 0 Å². The van der Waals surface area contributed by atoms with Gasteiger partial charge in [0.15, 0.2) is 5.78 Å². The first kappa shape index (κ1) is 23.2. The molecule has 3 aromatic rings. The highest BCUT2D eigenvalue weighted by Gasteiger charge is 2.19. The summed E-state index contributed by atoms with van der Waals surface area (Å²) >= 11 is 0. The molecular formula is C27H30N2O3. The molecule has 0 aliphatic carbocycles. The summed E-state index contributed by atoms with van der Waals surface area (Å²) in [6.45, 7) is 4.92. The quantitative estimate of drug-likeness (QED) is 0.437. The van der Waals surface area contributed by atoms with Gasteiger partial charge in [-0.1, -0.05) is 42.5 Å². The van der Waals surface area contributed by atoms with E-state index in [4.69, 9.17) is 10.5 Å². The summed E-state index contributed by atoms with van der Waals surface area (Å²) in [4.78, 5) is 23.8. The summed E-state index contributed by atoms with van der Waals surface area (Å²) in [6.07, 6.45) is 1.68. The molecule has 0 radical (unpaired) electrons. The molecule has 0 fully saturated rings. The number of aryl methyl sites for hydroxylation is 1. The lowest BCUT2D eigenvalue weighted by Gasteiger charge is -2.26. The summed E-state index contributed by atoms with van der Waals surface area (Å²) in [7, 11) is 0. The fourth-order valence-corrected chi connectivity index (χ4v) is 3.28. The summed E-state index contributed by atoms with van der Waals surface area (Å²) < 4.78 is 5.78. The smallest absolute Gasteiger partial charge is 0.248 e. The Kier molecular flexibility index (Phi) is 7.79. The van der Waals surface area contributed by atoms with Crippen LogP contribution in [0.4, 0.5) is 0 Å². The summed E-state index contributed by atoms with van der Waals surface area (Å²) in [5.74, 6) is 0.354. The van der Waals surface area contributed by atoms with E-state index in [1.807, 2.05) is 54.6 Å². The van der Waals surface area contributed by atoms with Gasteiger partial charge in [-0.2, -0.15) is 0 Å². The maximum Gasteiger partial charge on any atom is 0.248 e. The lowest BCUT2D eigenvalue weighted by Crippen LogP contribution is -2.42. The molecule has 0 heterocycles. The van der Waals surface area contributed by atoms with Crippen LogP contribution in [0, 0.1) is 0 Å². The highest BCUT2D eigenvalue weighted by atomic mass is 16.5. The molecule has 0 atom stereocenters. The van der Waals surface area contributed by atoms with Crippen molar-refractivity contribution in [2.75, 3.05) is 6.54 Å². The van der Waals surface area contributed by atoms with Gasteiger partial charge >= 0.3 is 0 Å². The van der Waals surface area contributed by atoms with Gasteiger partial charge in [-0.15, -0.1) is 0 Å². The van der Waals surface area contributed by atoms with E-state index in [0.29, 0.717) is 17.7 Å². The van der Waals surface area contributed by atoms with Gasteiger partial charge in [-0.3, -0.25) is 9.59 Å². The minimum absolute atomic E-state index is 0.0403. The molecule has 0 aromatic heterocycles. The lowest BCUT2D eigenvalue weighted by molar-refractivity contribution is 0.0977. The molecule has 0 spiro atoms. The topological polar surface area (TPSA) is 81.4 Å². The zero-order chi connectivity index (χ0) is 23.0. The Morgan fingerprint density at radius 3 is 2.09 bits per heavy atom. The van der Waals surface area contributed by atoms with Crippen LogP contribution in [0.25, 0.3) is 0 Å². The Hall–Kier alpha value is -3.44. The fraction of sp³-hybridized carbons (Fsp3) is 0.259. The molecule has 166 valence electrons. The minimum Gasteiger partial charge on any atom is -0.489 e. The first-order valence-corrected chi connectivity index (χ1v) is 10.8. The second kappa shape index (κ2) is 10.7. The zero-order valence-electron chi connectivity index (χ0n) is 18.6. The van der Waals surface area contributed by atoms with Gasteiger partial charge in [0, 0.05) is 16.7 Å². The van der Waals surface area contributed by atoms with E-state index in [1.54, 1.807) is 24.3 Å². The molecule has 1 amide bonds. The van der Waals surface area contributed by atoms with Crippen LogP contribution in [-0.2, 0) is 13.0 Å². The molecule has 0 aliphatic heterocycles. The van der Waals surface area contributed by atoms with E-state index in [2.05, 4.69) is 19.2 Å². The Balaban J connectivity index is 1.45. The third kappa shape index (κ3) is 7.06. The predicted octanol–water partition coefficient (Wildman–Crippen LogP) is 4.55. The Morgan fingerprint density at radius 1 is 0.844 bits per heavy atom. The molecule has 3 aromatic carbocycles. The third-order valence-corrected chi connectivity index (χ3v) is 5.43. The molecule has 32 heavy (non-hydrogen) atoms. The van der Waals surface area contributed by atoms with Gasteiger partial charge in [0.2, 0.25) is 5.91 Å². The van der Waals surface area contributed by atoms with Crippen molar-refractivity contribution in [2.45, 2.75) is 38.8 Å². The maximum atomic E-state index is 12.6. The summed E-state index contributed by atoms with van der Waals surface area (Å²) in [6, 6.07) is 24.6. The van der Waals surface area contributed by atoms with Crippen molar-refractivity contribution in [3.63, 3.8) is 0 Å². The number of nitrogens with two attached hydrogens (primary N) is 1. The number of primary amides is 1. The first-order valence-electron chi connectivity index (χ1n) is 10.8. The molecule has 3 N–H and O–H groups in total. The van der Waals surface area contributed by atoms with Crippen molar-refractivity contribution in [1.29, 1.82) is 0 Å². The lowest BCUT2D eigenvalue weighted by atomic mass is 9.94. The maximum absolute atomic E-state index is 12.6. The molecule has 0 saturated heterocycles. The number of nitrogens with one attached hydrogen (secondary N) is 1. The number of carbonyl (C=O) groups excluding carboxylic acids is 2. The van der Waals surface area contributed by atoms with Crippen molar-refractivity contribution in [3.05, 3.63) is 101 Å². The highest BCUT2D eigenvalue weighted by Crippen LogP contribution is 2.17. The SMILES string of the molecule is CC(C)(CCc1ccc(C(N)=O)cc1)NCC(=O)c1ccc(OCc2ccccc2)cc1. The van der Waals surface area contributed by atoms with Crippen molar-refractivity contribution in [3.8, 4) is 5.75 Å². The van der Waals surface area contributed by atoms with Crippen molar-refractivity contribution < 1.29 is 14.3 Å². The molecule has 0 unspecified atom stereocenters. The van der Waals surface area contributed by atoms with E-state index in [-0.39, 0.29) is 17.9 Å². The third-order valence-electron chi connectivity index (χ3n) is 5.43. The van der Waals surface area contributed by atoms with E-state index >= 15 is 0 Å².